The Kier molecular flexibility index (Phi) is 7.02. The number of pyridine rings is 1. The van der Waals surface area contributed by atoms with Gasteiger partial charge in [-0.3, -0.25) is 0 Å². The lowest BCUT2D eigenvalue weighted by Gasteiger charge is -2.19. The molecule has 1 aromatic carbocycles. The third-order valence-corrected chi connectivity index (χ3v) is 5.63. The number of halogens is 1. The monoisotopic (exact) mass is 463 g/mol. The molecule has 4 rings (SSSR count). The first-order valence-electron chi connectivity index (χ1n) is 11.0. The van der Waals surface area contributed by atoms with Crippen LogP contribution in [0.25, 0.3) is 28.2 Å². The van der Waals surface area contributed by atoms with E-state index in [9.17, 15) is 0 Å². The quantitative estimate of drug-likeness (QED) is 0.399. The van der Waals surface area contributed by atoms with Gasteiger partial charge in [0.1, 0.15) is 30.2 Å². The van der Waals surface area contributed by atoms with Gasteiger partial charge in [0, 0.05) is 41.8 Å². The van der Waals surface area contributed by atoms with Crippen LogP contribution < -0.4 is 10.5 Å². The summed E-state index contributed by atoms with van der Waals surface area (Å²) in [5, 5.41) is 11.8. The molecule has 0 spiro atoms. The van der Waals surface area contributed by atoms with E-state index >= 15 is 4.39 Å². The molecule has 0 aliphatic heterocycles. The lowest BCUT2D eigenvalue weighted by atomic mass is 10.1. The molecular weight excluding hydrogens is 437 g/mol. The van der Waals surface area contributed by atoms with Gasteiger partial charge in [-0.05, 0) is 48.6 Å². The maximum absolute atomic E-state index is 15.4. The number of ether oxygens (including phenoxy) is 1. The fourth-order valence-corrected chi connectivity index (χ4v) is 3.58. The molecule has 0 aliphatic carbocycles. The van der Waals surface area contributed by atoms with Crippen molar-refractivity contribution < 1.29 is 9.13 Å². The second-order valence-electron chi connectivity index (χ2n) is 7.60. The Bertz CT molecular complexity index is 1260. The second-order valence-corrected chi connectivity index (χ2v) is 7.60. The molecule has 0 fully saturated rings. The second kappa shape index (κ2) is 10.3. The number of benzene rings is 1. The molecular formula is C23H26FN9O. The number of anilines is 1. The third kappa shape index (κ3) is 4.69. The van der Waals surface area contributed by atoms with Crippen LogP contribution in [0, 0.1) is 12.7 Å². The van der Waals surface area contributed by atoms with Crippen molar-refractivity contribution in [1.29, 1.82) is 0 Å². The Morgan fingerprint density at radius 3 is 2.59 bits per heavy atom. The van der Waals surface area contributed by atoms with Crippen molar-refractivity contribution in [3.8, 4) is 34.0 Å². The minimum atomic E-state index is -0.479. The highest BCUT2D eigenvalue weighted by molar-refractivity contribution is 5.76. The molecule has 176 valence electrons. The molecule has 0 saturated heterocycles. The van der Waals surface area contributed by atoms with E-state index in [-0.39, 0.29) is 17.3 Å². The Hall–Kier alpha value is -3.99. The third-order valence-electron chi connectivity index (χ3n) is 5.63. The van der Waals surface area contributed by atoms with Crippen LogP contribution in [-0.4, -0.2) is 66.3 Å². The normalized spacial score (nSPS) is 11.2. The van der Waals surface area contributed by atoms with Crippen LogP contribution in [0.1, 0.15) is 19.4 Å². The summed E-state index contributed by atoms with van der Waals surface area (Å²) >= 11 is 0. The minimum absolute atomic E-state index is 0.182. The van der Waals surface area contributed by atoms with Crippen molar-refractivity contribution in [2.24, 2.45) is 0 Å². The van der Waals surface area contributed by atoms with Gasteiger partial charge in [-0.25, -0.2) is 19.3 Å². The highest BCUT2D eigenvalue weighted by Crippen LogP contribution is 2.31. The van der Waals surface area contributed by atoms with Gasteiger partial charge in [0.25, 0.3) is 0 Å². The number of hydrogen-bond donors (Lipinski definition) is 1. The highest BCUT2D eigenvalue weighted by Gasteiger charge is 2.20. The van der Waals surface area contributed by atoms with Crippen molar-refractivity contribution in [3.05, 3.63) is 54.5 Å². The molecule has 0 atom stereocenters. The predicted octanol–water partition coefficient (Wildman–Crippen LogP) is 2.93. The van der Waals surface area contributed by atoms with Crippen molar-refractivity contribution in [1.82, 2.24) is 40.1 Å². The lowest BCUT2D eigenvalue weighted by molar-refractivity contribution is 0.221. The summed E-state index contributed by atoms with van der Waals surface area (Å²) in [6, 6.07) is 5.09. The van der Waals surface area contributed by atoms with Crippen molar-refractivity contribution in [2.75, 3.05) is 32.0 Å². The lowest BCUT2D eigenvalue weighted by Crippen LogP contribution is -2.28. The minimum Gasteiger partial charge on any atom is -0.492 e. The number of likely N-dealkylation sites (N-methyl/N-ethyl adjacent to an activating group) is 1. The maximum atomic E-state index is 15.4. The summed E-state index contributed by atoms with van der Waals surface area (Å²) in [5.41, 5.74) is 8.63. The van der Waals surface area contributed by atoms with Gasteiger partial charge in [0.15, 0.2) is 11.6 Å². The summed E-state index contributed by atoms with van der Waals surface area (Å²) < 4.78 is 22.6. The SMILES string of the molecule is CCN(CC)CCOc1ccc(-n2nnnc2-c2cc(-c3cncnc3)cnc2N)c(F)c1C. The zero-order valence-electron chi connectivity index (χ0n) is 19.3. The summed E-state index contributed by atoms with van der Waals surface area (Å²) in [6.45, 7) is 8.96. The van der Waals surface area contributed by atoms with Gasteiger partial charge in [-0.2, -0.15) is 4.68 Å². The Balaban J connectivity index is 1.65. The van der Waals surface area contributed by atoms with Gasteiger partial charge >= 0.3 is 0 Å². The van der Waals surface area contributed by atoms with E-state index in [0.29, 0.717) is 23.5 Å². The Morgan fingerprint density at radius 2 is 1.85 bits per heavy atom. The molecule has 0 aliphatic rings. The van der Waals surface area contributed by atoms with Gasteiger partial charge < -0.3 is 15.4 Å². The molecule has 34 heavy (non-hydrogen) atoms. The zero-order chi connectivity index (χ0) is 24.1. The van der Waals surface area contributed by atoms with Crippen LogP contribution in [0.15, 0.2) is 43.1 Å². The largest absolute Gasteiger partial charge is 0.492 e. The molecule has 3 heterocycles. The molecule has 2 N–H and O–H groups in total. The number of tetrazole rings is 1. The van der Waals surface area contributed by atoms with Crippen LogP contribution in [-0.2, 0) is 0 Å². The molecule has 10 nitrogen and oxygen atoms in total. The van der Waals surface area contributed by atoms with E-state index in [4.69, 9.17) is 10.5 Å². The fourth-order valence-electron chi connectivity index (χ4n) is 3.58. The van der Waals surface area contributed by atoms with Crippen molar-refractivity contribution in [2.45, 2.75) is 20.8 Å². The number of nitrogens with two attached hydrogens (primary N) is 1. The molecule has 4 aromatic rings. The fraction of sp³-hybridized carbons (Fsp3) is 0.304. The maximum Gasteiger partial charge on any atom is 0.190 e. The number of aromatic nitrogens is 7. The zero-order valence-corrected chi connectivity index (χ0v) is 19.3. The number of hydrogen-bond acceptors (Lipinski definition) is 9. The van der Waals surface area contributed by atoms with Crippen molar-refractivity contribution >= 4 is 5.82 Å². The first kappa shape index (κ1) is 23.2. The summed E-state index contributed by atoms with van der Waals surface area (Å²) in [5.74, 6) is 0.477. The van der Waals surface area contributed by atoms with E-state index in [0.717, 1.165) is 30.8 Å². The van der Waals surface area contributed by atoms with E-state index in [1.54, 1.807) is 43.7 Å². The van der Waals surface area contributed by atoms with Gasteiger partial charge in [0.2, 0.25) is 0 Å². The first-order valence-corrected chi connectivity index (χ1v) is 11.0. The topological polar surface area (TPSA) is 121 Å². The summed E-state index contributed by atoms with van der Waals surface area (Å²) in [6.07, 6.45) is 6.38. The highest BCUT2D eigenvalue weighted by atomic mass is 19.1. The van der Waals surface area contributed by atoms with E-state index in [2.05, 4.69) is 49.2 Å². The van der Waals surface area contributed by atoms with Crippen LogP contribution in [0.2, 0.25) is 0 Å². The van der Waals surface area contributed by atoms with Gasteiger partial charge in [0.05, 0.1) is 5.56 Å². The Labute approximate surface area is 196 Å². The molecule has 0 bridgehead atoms. The van der Waals surface area contributed by atoms with E-state index < -0.39 is 5.82 Å². The number of nitrogen functional groups attached to an aromatic ring is 1. The average Bonchev–Trinajstić information content (AvgIpc) is 3.34. The van der Waals surface area contributed by atoms with Gasteiger partial charge in [-0.1, -0.05) is 13.8 Å². The first-order chi connectivity index (χ1) is 16.5. The van der Waals surface area contributed by atoms with Gasteiger partial charge in [-0.15, -0.1) is 5.10 Å². The summed E-state index contributed by atoms with van der Waals surface area (Å²) in [7, 11) is 0. The van der Waals surface area contributed by atoms with E-state index in [1.165, 1.54) is 11.0 Å². The molecule has 0 unspecified atom stereocenters. The van der Waals surface area contributed by atoms with Crippen molar-refractivity contribution in [3.63, 3.8) is 0 Å². The Morgan fingerprint density at radius 1 is 1.09 bits per heavy atom. The van der Waals surface area contributed by atoms with Crippen LogP contribution in [0.5, 0.6) is 5.75 Å². The smallest absolute Gasteiger partial charge is 0.190 e. The molecule has 0 radical (unpaired) electrons. The number of rotatable bonds is 9. The number of nitrogens with zero attached hydrogens (tertiary/aromatic N) is 8. The van der Waals surface area contributed by atoms with Crippen LogP contribution in [0.4, 0.5) is 10.2 Å². The molecule has 3 aromatic heterocycles. The van der Waals surface area contributed by atoms with Crippen LogP contribution in [0.3, 0.4) is 0 Å². The van der Waals surface area contributed by atoms with E-state index in [1.807, 2.05) is 0 Å². The molecule has 0 amide bonds. The molecule has 0 saturated carbocycles. The van der Waals surface area contributed by atoms with Crippen LogP contribution >= 0.6 is 0 Å². The summed E-state index contributed by atoms with van der Waals surface area (Å²) in [4.78, 5) is 14.6. The predicted molar refractivity (Wildman–Crippen MR) is 126 cm³/mol. The average molecular weight is 464 g/mol. The molecule has 11 heteroatoms. The standard InChI is InChI=1S/C23H26FN9O/c1-4-32(5-2)8-9-34-20-7-6-19(21(24)15(20)3)33-23(29-30-31-33)18-10-16(13-28-22(18)25)17-11-26-14-27-12-17/h6-7,10-14H,4-5,8-9H2,1-3H3,(H2,25,28).